The third-order valence-corrected chi connectivity index (χ3v) is 2.87. The van der Waals surface area contributed by atoms with Crippen LogP contribution in [-0.2, 0) is 6.54 Å². The van der Waals surface area contributed by atoms with Crippen molar-refractivity contribution in [3.05, 3.63) is 48.6 Å². The Morgan fingerprint density at radius 1 is 1.32 bits per heavy atom. The van der Waals surface area contributed by atoms with Gasteiger partial charge in [-0.1, -0.05) is 5.16 Å². The number of nitrogens with one attached hydrogen (secondary N) is 2. The highest BCUT2D eigenvalue weighted by molar-refractivity contribution is 7.80. The number of hydrogen-bond donors (Lipinski definition) is 2. The first-order valence-corrected chi connectivity index (χ1v) is 6.13. The van der Waals surface area contributed by atoms with Crippen molar-refractivity contribution in [2.45, 2.75) is 6.54 Å². The van der Waals surface area contributed by atoms with Gasteiger partial charge in [0.05, 0.1) is 12.8 Å². The van der Waals surface area contributed by atoms with Crippen LogP contribution in [0.25, 0.3) is 10.9 Å². The molecule has 0 spiro atoms. The monoisotopic (exact) mass is 273 g/mol. The molecule has 0 saturated heterocycles. The zero-order valence-corrected chi connectivity index (χ0v) is 10.7. The molecule has 5 nitrogen and oxygen atoms in total. The van der Waals surface area contributed by atoms with Gasteiger partial charge in [0.1, 0.15) is 17.5 Å². The van der Waals surface area contributed by atoms with Crippen LogP contribution in [0.3, 0.4) is 0 Å². The fraction of sp³-hybridized carbons (Fsp3) is 0.0769. The number of benzene rings is 1. The second-order valence-corrected chi connectivity index (χ2v) is 4.38. The van der Waals surface area contributed by atoms with Gasteiger partial charge in [-0.2, -0.15) is 0 Å². The number of rotatable bonds is 3. The number of hydrogen-bond acceptors (Lipinski definition) is 4. The molecular formula is C13H11N3O2S. The molecule has 0 aliphatic rings. The minimum absolute atomic E-state index is 0.527. The van der Waals surface area contributed by atoms with Crippen molar-refractivity contribution in [1.29, 1.82) is 0 Å². The Kier molecular flexibility index (Phi) is 3.16. The van der Waals surface area contributed by atoms with Gasteiger partial charge in [-0.3, -0.25) is 0 Å². The third kappa shape index (κ3) is 2.74. The summed E-state index contributed by atoms with van der Waals surface area (Å²) in [4.78, 5) is 0. The molecule has 0 radical (unpaired) electrons. The van der Waals surface area contributed by atoms with Crippen LogP contribution in [0.4, 0.5) is 5.69 Å². The number of aromatic nitrogens is 1. The van der Waals surface area contributed by atoms with Gasteiger partial charge in [-0.05, 0) is 42.5 Å². The smallest absolute Gasteiger partial charge is 0.171 e. The average molecular weight is 273 g/mol. The largest absolute Gasteiger partial charge is 0.467 e. The molecule has 0 aliphatic carbocycles. The summed E-state index contributed by atoms with van der Waals surface area (Å²) in [6.45, 7) is 0.547. The zero-order valence-electron chi connectivity index (χ0n) is 9.92. The molecule has 0 saturated carbocycles. The molecule has 0 amide bonds. The summed E-state index contributed by atoms with van der Waals surface area (Å²) in [5.74, 6) is 0.830. The molecular weight excluding hydrogens is 262 g/mol. The van der Waals surface area contributed by atoms with Gasteiger partial charge < -0.3 is 19.6 Å². The number of nitrogens with zero attached hydrogens (tertiary/aromatic N) is 1. The fourth-order valence-corrected chi connectivity index (χ4v) is 1.89. The van der Waals surface area contributed by atoms with Crippen molar-refractivity contribution in [2.75, 3.05) is 5.32 Å². The number of furan rings is 1. The molecule has 0 aliphatic heterocycles. The summed E-state index contributed by atoms with van der Waals surface area (Å²) < 4.78 is 10.1. The van der Waals surface area contributed by atoms with E-state index in [0.29, 0.717) is 11.7 Å². The maximum atomic E-state index is 5.21. The van der Waals surface area contributed by atoms with Gasteiger partial charge in [0.25, 0.3) is 0 Å². The fourth-order valence-electron chi connectivity index (χ4n) is 1.70. The van der Waals surface area contributed by atoms with Gasteiger partial charge in [0.2, 0.25) is 0 Å². The highest BCUT2D eigenvalue weighted by Crippen LogP contribution is 2.17. The molecule has 0 unspecified atom stereocenters. The molecule has 1 aromatic carbocycles. The van der Waals surface area contributed by atoms with Crippen LogP contribution in [0.5, 0.6) is 0 Å². The van der Waals surface area contributed by atoms with Crippen molar-refractivity contribution >= 4 is 33.9 Å². The van der Waals surface area contributed by atoms with E-state index >= 15 is 0 Å². The van der Waals surface area contributed by atoms with Crippen molar-refractivity contribution in [3.8, 4) is 0 Å². The lowest BCUT2D eigenvalue weighted by Crippen LogP contribution is -2.27. The van der Waals surface area contributed by atoms with Crippen molar-refractivity contribution in [2.24, 2.45) is 0 Å². The van der Waals surface area contributed by atoms with E-state index in [4.69, 9.17) is 21.2 Å². The minimum Gasteiger partial charge on any atom is -0.467 e. The molecule has 6 heteroatoms. The van der Waals surface area contributed by atoms with Gasteiger partial charge in [0, 0.05) is 11.1 Å². The van der Waals surface area contributed by atoms with E-state index in [2.05, 4.69) is 15.8 Å². The third-order valence-electron chi connectivity index (χ3n) is 2.62. The van der Waals surface area contributed by atoms with Crippen LogP contribution in [0, 0.1) is 0 Å². The summed E-state index contributed by atoms with van der Waals surface area (Å²) in [6.07, 6.45) is 3.23. The first-order valence-electron chi connectivity index (χ1n) is 5.72. The van der Waals surface area contributed by atoms with Crippen molar-refractivity contribution in [1.82, 2.24) is 10.5 Å². The molecule has 2 aromatic heterocycles. The van der Waals surface area contributed by atoms with Gasteiger partial charge in [0.15, 0.2) is 5.11 Å². The first-order chi connectivity index (χ1) is 9.31. The Bertz CT molecular complexity index is 691. The Morgan fingerprint density at radius 2 is 2.26 bits per heavy atom. The van der Waals surface area contributed by atoms with E-state index < -0.39 is 0 Å². The molecule has 19 heavy (non-hydrogen) atoms. The summed E-state index contributed by atoms with van der Waals surface area (Å²) in [5, 5.41) is 11.5. The summed E-state index contributed by atoms with van der Waals surface area (Å²) in [7, 11) is 0. The van der Waals surface area contributed by atoms with Crippen LogP contribution in [0.1, 0.15) is 5.76 Å². The predicted molar refractivity (Wildman–Crippen MR) is 75.8 cm³/mol. The van der Waals surface area contributed by atoms with Crippen molar-refractivity contribution < 1.29 is 8.94 Å². The highest BCUT2D eigenvalue weighted by Gasteiger charge is 2.02. The second-order valence-electron chi connectivity index (χ2n) is 3.98. The van der Waals surface area contributed by atoms with Crippen LogP contribution in [0.2, 0.25) is 0 Å². The van der Waals surface area contributed by atoms with Gasteiger partial charge in [-0.15, -0.1) is 0 Å². The number of thiocarbonyl (C=S) groups is 1. The van der Waals surface area contributed by atoms with E-state index in [1.54, 1.807) is 12.5 Å². The van der Waals surface area contributed by atoms with E-state index in [9.17, 15) is 0 Å². The maximum absolute atomic E-state index is 5.21. The molecule has 0 atom stereocenters. The van der Waals surface area contributed by atoms with Gasteiger partial charge in [-0.25, -0.2) is 0 Å². The molecule has 3 aromatic rings. The first kappa shape index (κ1) is 11.7. The molecule has 0 bridgehead atoms. The highest BCUT2D eigenvalue weighted by atomic mass is 32.1. The van der Waals surface area contributed by atoms with Crippen LogP contribution in [0.15, 0.2) is 51.8 Å². The normalized spacial score (nSPS) is 10.5. The summed E-state index contributed by atoms with van der Waals surface area (Å²) in [5.41, 5.74) is 1.65. The maximum Gasteiger partial charge on any atom is 0.171 e. The van der Waals surface area contributed by atoms with Crippen molar-refractivity contribution in [3.63, 3.8) is 0 Å². The molecule has 3 rings (SSSR count). The van der Waals surface area contributed by atoms with Gasteiger partial charge >= 0.3 is 0 Å². The zero-order chi connectivity index (χ0) is 13.1. The second kappa shape index (κ2) is 5.11. The minimum atomic E-state index is 0.527. The van der Waals surface area contributed by atoms with Crippen LogP contribution >= 0.6 is 12.2 Å². The molecule has 2 heterocycles. The quantitative estimate of drug-likeness (QED) is 0.715. The number of anilines is 1. The number of fused-ring (bicyclic) bond motifs is 1. The van der Waals surface area contributed by atoms with Crippen LogP contribution in [-0.4, -0.2) is 10.3 Å². The molecule has 96 valence electrons. The van der Waals surface area contributed by atoms with Crippen LogP contribution < -0.4 is 10.6 Å². The lowest BCUT2D eigenvalue weighted by Gasteiger charge is -2.09. The lowest BCUT2D eigenvalue weighted by atomic mass is 10.2. The molecule has 0 fully saturated rings. The summed E-state index contributed by atoms with van der Waals surface area (Å²) in [6, 6.07) is 9.44. The lowest BCUT2D eigenvalue weighted by molar-refractivity contribution is 0.428. The Morgan fingerprint density at radius 3 is 3.11 bits per heavy atom. The van der Waals surface area contributed by atoms with E-state index in [-0.39, 0.29) is 0 Å². The summed E-state index contributed by atoms with van der Waals surface area (Å²) >= 11 is 5.20. The molecule has 2 N–H and O–H groups in total. The van der Waals surface area contributed by atoms with E-state index in [1.165, 1.54) is 0 Å². The Hall–Kier alpha value is -2.34. The van der Waals surface area contributed by atoms with E-state index in [0.717, 1.165) is 22.4 Å². The topological polar surface area (TPSA) is 63.2 Å². The van der Waals surface area contributed by atoms with E-state index in [1.807, 2.05) is 30.3 Å². The average Bonchev–Trinajstić information content (AvgIpc) is 3.07. The predicted octanol–water partition coefficient (Wildman–Crippen LogP) is 2.91. The Labute approximate surface area is 114 Å². The Balaban J connectivity index is 1.62. The standard InChI is InChI=1S/C13H11N3O2S/c19-13(14-7-11-2-1-5-17-11)15-10-4-3-9-8-18-16-12(9)6-10/h1-6,8H,7H2,(H2,14,15,19). The SMILES string of the molecule is S=C(NCc1ccco1)Nc1ccc2conc2c1.